The molecular weight excluding hydrogens is 320 g/mol. The highest BCUT2D eigenvalue weighted by Crippen LogP contribution is 2.40. The van der Waals surface area contributed by atoms with Crippen LogP contribution in [0.1, 0.15) is 22.8 Å². The van der Waals surface area contributed by atoms with Crippen LogP contribution in [0.2, 0.25) is 0 Å². The summed E-state index contributed by atoms with van der Waals surface area (Å²) in [6.45, 7) is 0.720. The summed E-state index contributed by atoms with van der Waals surface area (Å²) >= 11 is 5.34. The lowest BCUT2D eigenvalue weighted by Gasteiger charge is -2.20. The summed E-state index contributed by atoms with van der Waals surface area (Å²) in [4.78, 5) is 1.33. The lowest BCUT2D eigenvalue weighted by Crippen LogP contribution is -2.09. The summed E-state index contributed by atoms with van der Waals surface area (Å²) < 4.78 is 6.10. The Bertz CT molecular complexity index is 523. The minimum atomic E-state index is 0.0555. The van der Waals surface area contributed by atoms with Crippen molar-refractivity contribution in [1.82, 2.24) is 0 Å². The van der Waals surface area contributed by atoms with Crippen LogP contribution in [-0.2, 0) is 10.5 Å². The van der Waals surface area contributed by atoms with Crippen molar-refractivity contribution < 1.29 is 4.74 Å². The van der Waals surface area contributed by atoms with E-state index in [0.29, 0.717) is 0 Å². The first kappa shape index (κ1) is 13.2. The summed E-state index contributed by atoms with van der Waals surface area (Å²) in [5, 5.41) is 0.862. The maximum absolute atomic E-state index is 6.10. The zero-order valence-corrected chi connectivity index (χ0v) is 12.9. The van der Waals surface area contributed by atoms with E-state index in [9.17, 15) is 0 Å². The van der Waals surface area contributed by atoms with Crippen LogP contribution in [0.25, 0.3) is 0 Å². The fraction of sp³-hybridized carbons (Fsp3) is 0.250. The van der Waals surface area contributed by atoms with Gasteiger partial charge in [-0.05, 0) is 22.8 Å². The molecule has 2 aromatic carbocycles. The Morgan fingerprint density at radius 2 is 1.79 bits per heavy atom. The normalized spacial score (nSPS) is 17.4. The van der Waals surface area contributed by atoms with Crippen molar-refractivity contribution in [1.29, 1.82) is 0 Å². The molecule has 1 nitrogen and oxygen atoms in total. The molecule has 1 aliphatic heterocycles. The molecular formula is C16H15BrOS. The van der Waals surface area contributed by atoms with Crippen LogP contribution in [0.15, 0.2) is 53.4 Å². The number of thioether (sulfide) groups is 1. The average Bonchev–Trinajstić information content (AvgIpc) is 2.62. The van der Waals surface area contributed by atoms with Crippen molar-refractivity contribution in [3.8, 4) is 0 Å². The Balaban J connectivity index is 2.08. The van der Waals surface area contributed by atoms with Crippen molar-refractivity contribution in [2.24, 2.45) is 0 Å². The van der Waals surface area contributed by atoms with E-state index in [1.165, 1.54) is 21.6 Å². The fourth-order valence-electron chi connectivity index (χ4n) is 2.41. The molecule has 0 fully saturated rings. The first-order chi connectivity index (χ1) is 9.40. The predicted octanol–water partition coefficient (Wildman–Crippen LogP) is 4.79. The van der Waals surface area contributed by atoms with E-state index in [4.69, 9.17) is 4.74 Å². The van der Waals surface area contributed by atoms with Crippen molar-refractivity contribution in [3.05, 3.63) is 65.2 Å². The minimum Gasteiger partial charge on any atom is -0.368 e. The number of rotatable bonds is 3. The molecule has 0 aromatic heterocycles. The minimum absolute atomic E-state index is 0.0555. The van der Waals surface area contributed by atoms with Gasteiger partial charge in [0.25, 0.3) is 0 Å². The molecule has 0 radical (unpaired) electrons. The molecule has 3 heteroatoms. The van der Waals surface area contributed by atoms with Crippen molar-refractivity contribution in [3.63, 3.8) is 0 Å². The molecule has 1 atom stereocenters. The molecule has 1 aliphatic rings. The second-order valence-electron chi connectivity index (χ2n) is 4.47. The molecule has 0 N–H and O–H groups in total. The largest absolute Gasteiger partial charge is 0.368 e. The van der Waals surface area contributed by atoms with E-state index in [1.54, 1.807) is 0 Å². The SMILES string of the molecule is BrCCOC1c2ccccc2CSc2ccccc21. The zero-order valence-electron chi connectivity index (χ0n) is 10.5. The number of benzene rings is 2. The quantitative estimate of drug-likeness (QED) is 0.746. The molecule has 0 bridgehead atoms. The molecule has 19 heavy (non-hydrogen) atoms. The maximum Gasteiger partial charge on any atom is 0.109 e. The number of ether oxygens (including phenoxy) is 1. The summed E-state index contributed by atoms with van der Waals surface area (Å²) in [5.74, 6) is 1.02. The third-order valence-corrected chi connectivity index (χ3v) is 4.75. The van der Waals surface area contributed by atoms with Gasteiger partial charge in [0.05, 0.1) is 6.61 Å². The maximum atomic E-state index is 6.10. The third kappa shape index (κ3) is 2.73. The topological polar surface area (TPSA) is 9.23 Å². The lowest BCUT2D eigenvalue weighted by molar-refractivity contribution is 0.0921. The lowest BCUT2D eigenvalue weighted by atomic mass is 9.97. The number of alkyl halides is 1. The monoisotopic (exact) mass is 334 g/mol. The summed E-state index contributed by atoms with van der Waals surface area (Å²) in [7, 11) is 0. The van der Waals surface area contributed by atoms with E-state index in [1.807, 2.05) is 11.8 Å². The van der Waals surface area contributed by atoms with Crippen LogP contribution in [0.3, 0.4) is 0 Å². The third-order valence-electron chi connectivity index (χ3n) is 3.28. The number of hydrogen-bond donors (Lipinski definition) is 0. The van der Waals surface area contributed by atoms with Gasteiger partial charge in [-0.15, -0.1) is 11.8 Å². The van der Waals surface area contributed by atoms with E-state index >= 15 is 0 Å². The number of fused-ring (bicyclic) bond motifs is 2. The summed E-state index contributed by atoms with van der Waals surface area (Å²) in [6, 6.07) is 17.2. The van der Waals surface area contributed by atoms with Gasteiger partial charge in [0.1, 0.15) is 6.10 Å². The molecule has 0 saturated carbocycles. The van der Waals surface area contributed by atoms with Crippen LogP contribution in [-0.4, -0.2) is 11.9 Å². The van der Waals surface area contributed by atoms with E-state index in [-0.39, 0.29) is 6.10 Å². The van der Waals surface area contributed by atoms with E-state index in [0.717, 1.165) is 17.7 Å². The van der Waals surface area contributed by atoms with Crippen molar-refractivity contribution in [2.75, 3.05) is 11.9 Å². The van der Waals surface area contributed by atoms with Crippen molar-refractivity contribution >= 4 is 27.7 Å². The predicted molar refractivity (Wildman–Crippen MR) is 84.0 cm³/mol. The Hall–Kier alpha value is -0.770. The highest BCUT2D eigenvalue weighted by Gasteiger charge is 2.23. The second-order valence-corrected chi connectivity index (χ2v) is 6.28. The molecule has 2 aromatic rings. The first-order valence-corrected chi connectivity index (χ1v) is 8.48. The van der Waals surface area contributed by atoms with Crippen LogP contribution < -0.4 is 0 Å². The van der Waals surface area contributed by atoms with E-state index < -0.39 is 0 Å². The van der Waals surface area contributed by atoms with Gasteiger partial charge < -0.3 is 4.74 Å². The molecule has 0 aliphatic carbocycles. The molecule has 3 rings (SSSR count). The fourth-order valence-corrected chi connectivity index (χ4v) is 3.69. The highest BCUT2D eigenvalue weighted by molar-refractivity contribution is 9.09. The van der Waals surface area contributed by atoms with Crippen LogP contribution in [0.5, 0.6) is 0 Å². The Morgan fingerprint density at radius 1 is 1.05 bits per heavy atom. The number of hydrogen-bond acceptors (Lipinski definition) is 2. The zero-order chi connectivity index (χ0) is 13.1. The smallest absolute Gasteiger partial charge is 0.109 e. The van der Waals surface area contributed by atoms with E-state index in [2.05, 4.69) is 64.5 Å². The van der Waals surface area contributed by atoms with Gasteiger partial charge in [0, 0.05) is 16.0 Å². The molecule has 98 valence electrons. The molecule has 1 unspecified atom stereocenters. The van der Waals surface area contributed by atoms with Crippen LogP contribution in [0, 0.1) is 0 Å². The van der Waals surface area contributed by atoms with Gasteiger partial charge in [-0.3, -0.25) is 0 Å². The van der Waals surface area contributed by atoms with Gasteiger partial charge in [-0.2, -0.15) is 0 Å². The van der Waals surface area contributed by atoms with Gasteiger partial charge in [-0.25, -0.2) is 0 Å². The van der Waals surface area contributed by atoms with Gasteiger partial charge >= 0.3 is 0 Å². The Kier molecular flexibility index (Phi) is 4.26. The van der Waals surface area contributed by atoms with Crippen molar-refractivity contribution in [2.45, 2.75) is 16.8 Å². The van der Waals surface area contributed by atoms with Gasteiger partial charge in [0.2, 0.25) is 0 Å². The Labute approximate surface area is 126 Å². The average molecular weight is 335 g/mol. The molecule has 0 spiro atoms. The van der Waals surface area contributed by atoms with Gasteiger partial charge in [-0.1, -0.05) is 58.4 Å². The molecule has 0 saturated heterocycles. The summed E-state index contributed by atoms with van der Waals surface area (Å²) in [5.41, 5.74) is 3.97. The summed E-state index contributed by atoms with van der Waals surface area (Å²) in [6.07, 6.45) is 0.0555. The molecule has 1 heterocycles. The number of halogens is 1. The second kappa shape index (κ2) is 6.12. The van der Waals surface area contributed by atoms with Crippen LogP contribution in [0.4, 0.5) is 0 Å². The van der Waals surface area contributed by atoms with Crippen LogP contribution >= 0.6 is 27.7 Å². The highest BCUT2D eigenvalue weighted by atomic mass is 79.9. The van der Waals surface area contributed by atoms with Gasteiger partial charge in [0.15, 0.2) is 0 Å². The molecule has 0 amide bonds. The Morgan fingerprint density at radius 3 is 2.63 bits per heavy atom. The standard InChI is InChI=1S/C16H15BrOS/c17-9-10-18-16-13-6-2-1-5-12(13)11-19-15-8-4-3-7-14(15)16/h1-8,16H,9-11H2. The first-order valence-electron chi connectivity index (χ1n) is 6.37.